The van der Waals surface area contributed by atoms with Crippen LogP contribution in [0.4, 0.5) is 0 Å². The van der Waals surface area contributed by atoms with Crippen LogP contribution in [0.25, 0.3) is 5.70 Å². The highest BCUT2D eigenvalue weighted by molar-refractivity contribution is 5.94. The van der Waals surface area contributed by atoms with E-state index in [1.54, 1.807) is 0 Å². The van der Waals surface area contributed by atoms with Gasteiger partial charge in [0.2, 0.25) is 5.91 Å². The minimum Gasteiger partial charge on any atom is -0.379 e. The first-order valence-electron chi connectivity index (χ1n) is 6.99. The molecule has 0 spiro atoms. The predicted octanol–water partition coefficient (Wildman–Crippen LogP) is 2.53. The molecule has 3 N–H and O–H groups in total. The smallest absolute Gasteiger partial charge is 0.243 e. The molecule has 1 aliphatic heterocycles. The summed E-state index contributed by atoms with van der Waals surface area (Å²) in [7, 11) is 0. The van der Waals surface area contributed by atoms with Crippen molar-refractivity contribution in [2.45, 2.75) is 44.1 Å². The molecule has 0 unspecified atom stereocenters. The summed E-state index contributed by atoms with van der Waals surface area (Å²) in [5, 5.41) is 3.58. The summed E-state index contributed by atoms with van der Waals surface area (Å²) in [6.45, 7) is 2.27. The minimum absolute atomic E-state index is 0.0495. The van der Waals surface area contributed by atoms with E-state index >= 15 is 0 Å². The van der Waals surface area contributed by atoms with Crippen LogP contribution in [0.15, 0.2) is 30.3 Å². The number of benzene rings is 1. The van der Waals surface area contributed by atoms with Crippen LogP contribution in [-0.4, -0.2) is 11.4 Å². The Labute approximate surface area is 113 Å². The Balaban J connectivity index is 2.14. The fraction of sp³-hybridized carbons (Fsp3) is 0.438. The Bertz CT molecular complexity index is 549. The molecule has 1 heterocycles. The maximum Gasteiger partial charge on any atom is 0.243 e. The van der Waals surface area contributed by atoms with Crippen LogP contribution in [0, 0.1) is 0 Å². The van der Waals surface area contributed by atoms with Gasteiger partial charge in [-0.15, -0.1) is 0 Å². The lowest BCUT2D eigenvalue weighted by Crippen LogP contribution is -2.51. The summed E-state index contributed by atoms with van der Waals surface area (Å²) in [6, 6.07) is 8.37. The van der Waals surface area contributed by atoms with Crippen molar-refractivity contribution >= 4 is 11.6 Å². The summed E-state index contributed by atoms with van der Waals surface area (Å²) in [4.78, 5) is 11.2. The molecule has 100 valence electrons. The summed E-state index contributed by atoms with van der Waals surface area (Å²) < 4.78 is 0. The Morgan fingerprint density at radius 3 is 3.00 bits per heavy atom. The highest BCUT2D eigenvalue weighted by atomic mass is 16.1. The van der Waals surface area contributed by atoms with Gasteiger partial charge in [-0.05, 0) is 25.3 Å². The van der Waals surface area contributed by atoms with Gasteiger partial charge >= 0.3 is 0 Å². The molecule has 1 aromatic rings. The number of primary amides is 1. The van der Waals surface area contributed by atoms with Gasteiger partial charge in [-0.2, -0.15) is 0 Å². The minimum atomic E-state index is -0.393. The standard InChI is InChI=1S/C16H20N2O/c1-16-9-5-4-8-13(16)11-6-2-3-7-12(11)14(18-16)10-15(17)19/h2-3,6-7,10,13,18H,4-5,8-9H2,1H3,(H2,17,19)/b14-10+/t13-,16-/m0/s1. The summed E-state index contributed by atoms with van der Waals surface area (Å²) in [6.07, 6.45) is 6.40. The molecule has 1 fully saturated rings. The number of amides is 1. The third-order valence-corrected chi connectivity index (χ3v) is 4.54. The molecule has 1 saturated carbocycles. The number of rotatable bonds is 1. The average molecular weight is 256 g/mol. The number of carbonyl (C=O) groups is 1. The Morgan fingerprint density at radius 2 is 2.21 bits per heavy atom. The van der Waals surface area contributed by atoms with Crippen molar-refractivity contribution in [3.8, 4) is 0 Å². The van der Waals surface area contributed by atoms with E-state index in [0.717, 1.165) is 17.7 Å². The van der Waals surface area contributed by atoms with E-state index in [1.165, 1.54) is 30.9 Å². The number of hydrogen-bond acceptors (Lipinski definition) is 2. The van der Waals surface area contributed by atoms with E-state index in [4.69, 9.17) is 5.73 Å². The fourth-order valence-electron chi connectivity index (χ4n) is 3.66. The molecule has 3 rings (SSSR count). The third-order valence-electron chi connectivity index (χ3n) is 4.54. The van der Waals surface area contributed by atoms with Crippen molar-refractivity contribution in [3.05, 3.63) is 41.5 Å². The Kier molecular flexibility index (Phi) is 2.85. The molecule has 1 aromatic carbocycles. The second kappa shape index (κ2) is 4.41. The maximum absolute atomic E-state index is 11.2. The van der Waals surface area contributed by atoms with Crippen molar-refractivity contribution in [1.29, 1.82) is 0 Å². The lowest BCUT2D eigenvalue weighted by molar-refractivity contribution is -0.113. The van der Waals surface area contributed by atoms with Crippen LogP contribution < -0.4 is 11.1 Å². The zero-order valence-corrected chi connectivity index (χ0v) is 11.3. The van der Waals surface area contributed by atoms with Crippen LogP contribution in [0.5, 0.6) is 0 Å². The average Bonchev–Trinajstić information content (AvgIpc) is 2.37. The van der Waals surface area contributed by atoms with Crippen LogP contribution in [-0.2, 0) is 4.79 Å². The summed E-state index contributed by atoms with van der Waals surface area (Å²) in [5.41, 5.74) is 8.75. The number of carbonyl (C=O) groups excluding carboxylic acids is 1. The molecular formula is C16H20N2O. The van der Waals surface area contributed by atoms with Gasteiger partial charge in [-0.1, -0.05) is 37.1 Å². The van der Waals surface area contributed by atoms with E-state index in [1.807, 2.05) is 6.07 Å². The first kappa shape index (κ1) is 12.3. The lowest BCUT2D eigenvalue weighted by Gasteiger charge is -2.48. The van der Waals surface area contributed by atoms with Crippen molar-refractivity contribution < 1.29 is 4.79 Å². The van der Waals surface area contributed by atoms with Gasteiger partial charge in [-0.3, -0.25) is 4.79 Å². The molecule has 0 bridgehead atoms. The number of hydrogen-bond donors (Lipinski definition) is 2. The summed E-state index contributed by atoms with van der Waals surface area (Å²) in [5.74, 6) is 0.137. The SMILES string of the molecule is C[C@]12CCCC[C@H]1c1ccccc1/C(=C\C(N)=O)N2. The van der Waals surface area contributed by atoms with Gasteiger partial charge in [-0.25, -0.2) is 0 Å². The molecule has 3 nitrogen and oxygen atoms in total. The third kappa shape index (κ3) is 2.03. The number of fused-ring (bicyclic) bond motifs is 3. The first-order chi connectivity index (χ1) is 9.10. The fourth-order valence-corrected chi connectivity index (χ4v) is 3.66. The summed E-state index contributed by atoms with van der Waals surface area (Å²) >= 11 is 0. The van der Waals surface area contributed by atoms with E-state index in [0.29, 0.717) is 5.92 Å². The first-order valence-corrected chi connectivity index (χ1v) is 6.99. The van der Waals surface area contributed by atoms with Crippen LogP contribution in [0.3, 0.4) is 0 Å². The van der Waals surface area contributed by atoms with Gasteiger partial charge in [0.15, 0.2) is 0 Å². The molecular weight excluding hydrogens is 236 g/mol. The molecule has 3 heteroatoms. The maximum atomic E-state index is 11.2. The largest absolute Gasteiger partial charge is 0.379 e. The quantitative estimate of drug-likeness (QED) is 0.759. The van der Waals surface area contributed by atoms with E-state index in [-0.39, 0.29) is 5.54 Å². The van der Waals surface area contributed by atoms with Gasteiger partial charge < -0.3 is 11.1 Å². The zero-order chi connectivity index (χ0) is 13.5. The molecule has 19 heavy (non-hydrogen) atoms. The van der Waals surface area contributed by atoms with Crippen molar-refractivity contribution in [2.75, 3.05) is 0 Å². The Hall–Kier alpha value is -1.77. The van der Waals surface area contributed by atoms with Crippen molar-refractivity contribution in [3.63, 3.8) is 0 Å². The van der Waals surface area contributed by atoms with Gasteiger partial charge in [0, 0.05) is 28.8 Å². The Morgan fingerprint density at radius 1 is 1.42 bits per heavy atom. The molecule has 2 atom stereocenters. The van der Waals surface area contributed by atoms with E-state index < -0.39 is 5.91 Å². The van der Waals surface area contributed by atoms with E-state index in [9.17, 15) is 4.79 Å². The normalized spacial score (nSPS) is 31.2. The number of nitrogens with two attached hydrogens (primary N) is 1. The molecule has 0 radical (unpaired) electrons. The number of nitrogens with one attached hydrogen (secondary N) is 1. The molecule has 0 aromatic heterocycles. The highest BCUT2D eigenvalue weighted by Crippen LogP contribution is 2.47. The lowest BCUT2D eigenvalue weighted by atomic mass is 9.67. The monoisotopic (exact) mass is 256 g/mol. The predicted molar refractivity (Wildman–Crippen MR) is 76.4 cm³/mol. The second-order valence-electron chi connectivity index (χ2n) is 5.89. The zero-order valence-electron chi connectivity index (χ0n) is 11.3. The highest BCUT2D eigenvalue weighted by Gasteiger charge is 2.42. The molecule has 0 saturated heterocycles. The van der Waals surface area contributed by atoms with Gasteiger partial charge in [0.25, 0.3) is 0 Å². The van der Waals surface area contributed by atoms with Crippen LogP contribution in [0.2, 0.25) is 0 Å². The van der Waals surface area contributed by atoms with Crippen molar-refractivity contribution in [2.24, 2.45) is 5.73 Å². The topological polar surface area (TPSA) is 55.1 Å². The van der Waals surface area contributed by atoms with Crippen molar-refractivity contribution in [1.82, 2.24) is 5.32 Å². The molecule has 1 amide bonds. The van der Waals surface area contributed by atoms with Crippen LogP contribution >= 0.6 is 0 Å². The molecule has 1 aliphatic carbocycles. The second-order valence-corrected chi connectivity index (χ2v) is 5.89. The molecule has 2 aliphatic rings. The van der Waals surface area contributed by atoms with Crippen LogP contribution in [0.1, 0.15) is 49.7 Å². The van der Waals surface area contributed by atoms with Gasteiger partial charge in [0.1, 0.15) is 0 Å². The van der Waals surface area contributed by atoms with Gasteiger partial charge in [0.05, 0.1) is 0 Å². The van der Waals surface area contributed by atoms with E-state index in [2.05, 4.69) is 30.4 Å².